The number of esters is 2. The van der Waals surface area contributed by atoms with E-state index in [4.69, 9.17) is 15.2 Å². The number of nitrogens with two attached hydrogens (primary N) is 1. The third-order valence-corrected chi connectivity index (χ3v) is 4.14. The van der Waals surface area contributed by atoms with Crippen LogP contribution in [0.25, 0.3) is 6.08 Å². The van der Waals surface area contributed by atoms with Gasteiger partial charge in [-0.25, -0.2) is 9.59 Å². The summed E-state index contributed by atoms with van der Waals surface area (Å²) >= 11 is 0. The van der Waals surface area contributed by atoms with Crippen LogP contribution in [0, 0.1) is 0 Å². The summed E-state index contributed by atoms with van der Waals surface area (Å²) in [6.07, 6.45) is 2.81. The van der Waals surface area contributed by atoms with Crippen molar-refractivity contribution in [2.75, 3.05) is 25.3 Å². The summed E-state index contributed by atoms with van der Waals surface area (Å²) in [5.41, 5.74) is 7.52. The molecule has 10 heteroatoms. The van der Waals surface area contributed by atoms with Gasteiger partial charge >= 0.3 is 11.9 Å². The number of hydrogen-bond donors (Lipinski definition) is 2. The zero-order valence-corrected chi connectivity index (χ0v) is 17.4. The molecule has 0 spiro atoms. The minimum Gasteiger partial charge on any atom is -0.495 e. The Labute approximate surface area is 184 Å². The van der Waals surface area contributed by atoms with Gasteiger partial charge in [0, 0.05) is 6.08 Å². The molecule has 32 heavy (non-hydrogen) atoms. The highest BCUT2D eigenvalue weighted by atomic mass is 16.5. The van der Waals surface area contributed by atoms with Crippen molar-refractivity contribution in [1.82, 2.24) is 15.0 Å². The first-order valence-corrected chi connectivity index (χ1v) is 9.42. The van der Waals surface area contributed by atoms with Crippen LogP contribution in [0.4, 0.5) is 17.6 Å². The summed E-state index contributed by atoms with van der Waals surface area (Å²) in [5.74, 6) is -0.0846. The first kappa shape index (κ1) is 22.2. The van der Waals surface area contributed by atoms with Crippen molar-refractivity contribution in [2.24, 2.45) is 0 Å². The second-order valence-corrected chi connectivity index (χ2v) is 6.31. The Hall–Kier alpha value is -4.47. The topological polar surface area (TPSA) is 139 Å². The van der Waals surface area contributed by atoms with Gasteiger partial charge in [0.15, 0.2) is 12.4 Å². The molecule has 0 saturated carbocycles. The zero-order valence-electron chi connectivity index (χ0n) is 17.4. The van der Waals surface area contributed by atoms with E-state index >= 15 is 0 Å². The predicted molar refractivity (Wildman–Crippen MR) is 117 cm³/mol. The highest BCUT2D eigenvalue weighted by molar-refractivity contribution is 5.90. The van der Waals surface area contributed by atoms with Crippen LogP contribution in [0.2, 0.25) is 0 Å². The average Bonchev–Trinajstić information content (AvgIpc) is 2.81. The number of methoxy groups -OCH3 is 2. The number of anilines is 3. The molecule has 0 aliphatic heterocycles. The fourth-order valence-corrected chi connectivity index (χ4v) is 2.62. The average molecular weight is 435 g/mol. The van der Waals surface area contributed by atoms with E-state index in [0.717, 1.165) is 0 Å². The fraction of sp³-hybridized carbons (Fsp3) is 0.136. The number of carbonyl (C=O) groups excluding carboxylic acids is 2. The number of nitrogen functional groups attached to an aromatic ring is 1. The third kappa shape index (κ3) is 6.02. The molecule has 1 heterocycles. The van der Waals surface area contributed by atoms with E-state index in [9.17, 15) is 9.59 Å². The van der Waals surface area contributed by atoms with E-state index in [0.29, 0.717) is 22.6 Å². The van der Waals surface area contributed by atoms with E-state index in [2.05, 4.69) is 25.0 Å². The number of hydrogen-bond acceptors (Lipinski definition) is 10. The van der Waals surface area contributed by atoms with Gasteiger partial charge in [0.25, 0.3) is 0 Å². The number of aromatic nitrogens is 3. The lowest BCUT2D eigenvalue weighted by atomic mass is 10.1. The van der Waals surface area contributed by atoms with Crippen molar-refractivity contribution in [3.8, 4) is 5.75 Å². The summed E-state index contributed by atoms with van der Waals surface area (Å²) in [7, 11) is 2.86. The van der Waals surface area contributed by atoms with E-state index < -0.39 is 11.9 Å². The Morgan fingerprint density at radius 3 is 2.50 bits per heavy atom. The lowest BCUT2D eigenvalue weighted by Crippen LogP contribution is -2.10. The van der Waals surface area contributed by atoms with Gasteiger partial charge in [-0.15, -0.1) is 0 Å². The van der Waals surface area contributed by atoms with Crippen LogP contribution in [0.1, 0.15) is 21.7 Å². The largest absolute Gasteiger partial charge is 0.495 e. The Kier molecular flexibility index (Phi) is 7.31. The molecule has 3 N–H and O–H groups in total. The molecule has 0 unspecified atom stereocenters. The molecule has 1 aromatic heterocycles. The smallest absolute Gasteiger partial charge is 0.337 e. The van der Waals surface area contributed by atoms with E-state index in [1.807, 2.05) is 12.1 Å². The Morgan fingerprint density at radius 2 is 1.78 bits per heavy atom. The molecule has 0 saturated heterocycles. The summed E-state index contributed by atoms with van der Waals surface area (Å²) in [6.45, 7) is -0.197. The molecule has 0 bridgehead atoms. The van der Waals surface area contributed by atoms with Gasteiger partial charge in [-0.3, -0.25) is 0 Å². The maximum absolute atomic E-state index is 12.0. The summed E-state index contributed by atoms with van der Waals surface area (Å²) in [6, 6.07) is 13.8. The van der Waals surface area contributed by atoms with Crippen molar-refractivity contribution in [3.63, 3.8) is 0 Å². The molecule has 3 aromatic rings. The molecule has 0 aliphatic rings. The summed E-state index contributed by atoms with van der Waals surface area (Å²) in [5, 5.41) is 3.00. The maximum Gasteiger partial charge on any atom is 0.337 e. The van der Waals surface area contributed by atoms with Crippen molar-refractivity contribution in [1.29, 1.82) is 0 Å². The van der Waals surface area contributed by atoms with Crippen LogP contribution in [0.15, 0.2) is 54.6 Å². The third-order valence-electron chi connectivity index (χ3n) is 4.14. The van der Waals surface area contributed by atoms with Crippen LogP contribution in [0.5, 0.6) is 5.75 Å². The number of nitrogens with one attached hydrogen (secondary N) is 1. The Bertz CT molecular complexity index is 1130. The number of nitrogens with zero attached hydrogens (tertiary/aromatic N) is 3. The fourth-order valence-electron chi connectivity index (χ4n) is 2.62. The van der Waals surface area contributed by atoms with Gasteiger partial charge in [-0.2, -0.15) is 15.0 Å². The normalized spacial score (nSPS) is 10.6. The monoisotopic (exact) mass is 435 g/mol. The van der Waals surface area contributed by atoms with E-state index in [1.165, 1.54) is 13.2 Å². The molecule has 164 valence electrons. The van der Waals surface area contributed by atoms with Gasteiger partial charge in [0.1, 0.15) is 5.75 Å². The SMILES string of the molecule is COC(=O)c1ccc(/C=C/C(=O)OCc2nc(N)nc(Nc3ccccc3OC)n2)cc1. The van der Waals surface area contributed by atoms with Crippen LogP contribution in [-0.4, -0.2) is 41.1 Å². The molecule has 2 aromatic carbocycles. The molecule has 0 amide bonds. The van der Waals surface area contributed by atoms with Gasteiger partial charge in [-0.05, 0) is 35.9 Å². The molecule has 3 rings (SSSR count). The van der Waals surface area contributed by atoms with Crippen LogP contribution < -0.4 is 15.8 Å². The summed E-state index contributed by atoms with van der Waals surface area (Å²) < 4.78 is 15.1. The number of ether oxygens (including phenoxy) is 3. The lowest BCUT2D eigenvalue weighted by Gasteiger charge is -2.10. The molecular formula is C22H21N5O5. The van der Waals surface area contributed by atoms with Gasteiger partial charge in [-0.1, -0.05) is 24.3 Å². The molecule has 0 atom stereocenters. The second-order valence-electron chi connectivity index (χ2n) is 6.31. The quantitative estimate of drug-likeness (QED) is 0.401. The highest BCUT2D eigenvalue weighted by Crippen LogP contribution is 2.25. The zero-order chi connectivity index (χ0) is 22.9. The minimum atomic E-state index is -0.597. The van der Waals surface area contributed by atoms with Crippen LogP contribution >= 0.6 is 0 Å². The lowest BCUT2D eigenvalue weighted by molar-refractivity contribution is -0.139. The van der Waals surface area contributed by atoms with Gasteiger partial charge < -0.3 is 25.3 Å². The standard InChI is InChI=1S/C22H21N5O5/c1-30-17-6-4-3-5-16(17)24-22-26-18(25-21(23)27-22)13-32-19(28)12-9-14-7-10-15(11-8-14)20(29)31-2/h3-12H,13H2,1-2H3,(H3,23,24,25,26,27)/b12-9+. The van der Waals surface area contributed by atoms with Crippen molar-refractivity contribution in [2.45, 2.75) is 6.61 Å². The van der Waals surface area contributed by atoms with Crippen molar-refractivity contribution >= 4 is 35.6 Å². The van der Waals surface area contributed by atoms with Crippen molar-refractivity contribution < 1.29 is 23.8 Å². The van der Waals surface area contributed by atoms with Gasteiger partial charge in [0.2, 0.25) is 11.9 Å². The Balaban J connectivity index is 1.60. The number of rotatable bonds is 8. The molecule has 10 nitrogen and oxygen atoms in total. The van der Waals surface area contributed by atoms with E-state index in [1.54, 1.807) is 49.6 Å². The first-order valence-electron chi connectivity index (χ1n) is 9.42. The van der Waals surface area contributed by atoms with Crippen LogP contribution in [0.3, 0.4) is 0 Å². The molecule has 0 aliphatic carbocycles. The number of carbonyl (C=O) groups is 2. The highest BCUT2D eigenvalue weighted by Gasteiger charge is 2.09. The van der Waals surface area contributed by atoms with Gasteiger partial charge in [0.05, 0.1) is 25.5 Å². The Morgan fingerprint density at radius 1 is 1.03 bits per heavy atom. The minimum absolute atomic E-state index is 0.0234. The predicted octanol–water partition coefficient (Wildman–Crippen LogP) is 2.75. The van der Waals surface area contributed by atoms with Crippen LogP contribution in [-0.2, 0) is 20.9 Å². The molecule has 0 radical (unpaired) electrons. The van der Waals surface area contributed by atoms with E-state index in [-0.39, 0.29) is 24.3 Å². The molecule has 0 fully saturated rings. The second kappa shape index (κ2) is 10.5. The first-order chi connectivity index (χ1) is 15.5. The molecular weight excluding hydrogens is 414 g/mol. The summed E-state index contributed by atoms with van der Waals surface area (Å²) in [4.78, 5) is 35.7. The maximum atomic E-state index is 12.0. The van der Waals surface area contributed by atoms with Crippen molar-refractivity contribution in [3.05, 3.63) is 71.6 Å². The number of para-hydroxylation sites is 2. The number of benzene rings is 2.